The van der Waals surface area contributed by atoms with E-state index in [0.717, 1.165) is 12.1 Å². The monoisotopic (exact) mass is 389 g/mol. The Morgan fingerprint density at radius 3 is 1.84 bits per heavy atom. The van der Waals surface area contributed by atoms with E-state index in [9.17, 15) is 0 Å². The minimum Gasteiger partial charge on any atom is -0.456 e. The molecule has 0 saturated heterocycles. The first-order chi connectivity index (χ1) is 11.7. The van der Waals surface area contributed by atoms with E-state index in [1.807, 2.05) is 18.8 Å². The van der Waals surface area contributed by atoms with Crippen LogP contribution >= 0.6 is 11.8 Å². The average Bonchev–Trinajstić information content (AvgIpc) is 2.53. The van der Waals surface area contributed by atoms with Crippen LogP contribution in [0, 0.1) is 0 Å². The molecule has 0 aliphatic rings. The van der Waals surface area contributed by atoms with Crippen molar-refractivity contribution in [3.05, 3.63) is 54.1 Å². The Kier molecular flexibility index (Phi) is 6.96. The topological polar surface area (TPSA) is 21.3 Å². The maximum Gasteiger partial charge on any atom is 0.173 e. The number of benzene rings is 2. The highest BCUT2D eigenvalue weighted by molar-refractivity contribution is 7.99. The SMILES string of the molecule is CNc1ccc(Sc2ccc(CC[Si](C)(C)O[Si](C)(C)C)cc2)cc1. The summed E-state index contributed by atoms with van der Waals surface area (Å²) in [7, 11) is -1.05. The molecule has 25 heavy (non-hydrogen) atoms. The summed E-state index contributed by atoms with van der Waals surface area (Å²) in [6, 6.07) is 18.7. The fourth-order valence-corrected chi connectivity index (χ4v) is 11.6. The van der Waals surface area contributed by atoms with Gasteiger partial charge in [-0.15, -0.1) is 0 Å². The fourth-order valence-electron chi connectivity index (χ4n) is 2.88. The molecular formula is C20H31NOSSi2. The molecule has 0 radical (unpaired) electrons. The maximum atomic E-state index is 6.44. The third-order valence-corrected chi connectivity index (χ3v) is 11.0. The minimum atomic E-state index is -1.55. The highest BCUT2D eigenvalue weighted by Crippen LogP contribution is 2.29. The van der Waals surface area contributed by atoms with Crippen LogP contribution in [0.15, 0.2) is 58.3 Å². The summed E-state index contributed by atoms with van der Waals surface area (Å²) in [5.74, 6) is 0. The van der Waals surface area contributed by atoms with Crippen LogP contribution in [0.2, 0.25) is 38.8 Å². The van der Waals surface area contributed by atoms with Crippen molar-refractivity contribution in [2.45, 2.75) is 55.0 Å². The standard InChI is InChI=1S/C20H31NOSSi2/c1-21-18-9-13-20(14-10-18)23-19-11-7-17(8-12-19)15-16-25(5,6)22-24(2,3)4/h7-14,21H,15-16H2,1-6H3. The third-order valence-electron chi connectivity index (χ3n) is 3.90. The van der Waals surface area contributed by atoms with Gasteiger partial charge in [0, 0.05) is 22.5 Å². The molecule has 0 bridgehead atoms. The number of hydrogen-bond acceptors (Lipinski definition) is 3. The predicted molar refractivity (Wildman–Crippen MR) is 117 cm³/mol. The molecule has 2 nitrogen and oxygen atoms in total. The highest BCUT2D eigenvalue weighted by atomic mass is 32.2. The second kappa shape index (κ2) is 8.58. The van der Waals surface area contributed by atoms with E-state index < -0.39 is 16.6 Å². The zero-order chi connectivity index (χ0) is 18.5. The van der Waals surface area contributed by atoms with Crippen molar-refractivity contribution >= 4 is 34.1 Å². The smallest absolute Gasteiger partial charge is 0.173 e. The van der Waals surface area contributed by atoms with Gasteiger partial charge < -0.3 is 9.43 Å². The Labute approximate surface area is 159 Å². The van der Waals surface area contributed by atoms with Gasteiger partial charge in [0.1, 0.15) is 0 Å². The van der Waals surface area contributed by atoms with Crippen molar-refractivity contribution < 1.29 is 4.12 Å². The van der Waals surface area contributed by atoms with Crippen LogP contribution in [-0.2, 0) is 10.5 Å². The summed E-state index contributed by atoms with van der Waals surface area (Å²) < 4.78 is 6.44. The Morgan fingerprint density at radius 2 is 1.36 bits per heavy atom. The van der Waals surface area contributed by atoms with Gasteiger partial charge in [0.05, 0.1) is 0 Å². The average molecular weight is 390 g/mol. The maximum absolute atomic E-state index is 6.44. The lowest BCUT2D eigenvalue weighted by Gasteiger charge is -2.31. The van der Waals surface area contributed by atoms with Crippen molar-refractivity contribution in [2.75, 3.05) is 12.4 Å². The molecule has 0 aliphatic carbocycles. The normalized spacial score (nSPS) is 12.2. The molecule has 136 valence electrons. The molecule has 0 amide bonds. The molecule has 0 aromatic heterocycles. The summed E-state index contributed by atoms with van der Waals surface area (Å²) in [6.45, 7) is 11.6. The molecule has 0 fully saturated rings. The lowest BCUT2D eigenvalue weighted by molar-refractivity contribution is 0.547. The summed E-state index contributed by atoms with van der Waals surface area (Å²) in [6.07, 6.45) is 1.12. The number of nitrogens with one attached hydrogen (secondary N) is 1. The van der Waals surface area contributed by atoms with Gasteiger partial charge in [-0.2, -0.15) is 0 Å². The van der Waals surface area contributed by atoms with E-state index in [0.29, 0.717) is 0 Å². The Hall–Kier alpha value is -1.02. The van der Waals surface area contributed by atoms with Gasteiger partial charge in [0.15, 0.2) is 16.6 Å². The van der Waals surface area contributed by atoms with Crippen LogP contribution in [-0.4, -0.2) is 23.7 Å². The fraction of sp³-hybridized carbons (Fsp3) is 0.400. The minimum absolute atomic E-state index is 1.12. The van der Waals surface area contributed by atoms with Crippen LogP contribution in [0.1, 0.15) is 5.56 Å². The van der Waals surface area contributed by atoms with Gasteiger partial charge in [-0.05, 0) is 87.2 Å². The molecular weight excluding hydrogens is 358 g/mol. The van der Waals surface area contributed by atoms with E-state index in [-0.39, 0.29) is 0 Å². The van der Waals surface area contributed by atoms with Gasteiger partial charge in [0.25, 0.3) is 0 Å². The predicted octanol–water partition coefficient (Wildman–Crippen LogP) is 6.48. The van der Waals surface area contributed by atoms with Gasteiger partial charge in [-0.25, -0.2) is 0 Å². The van der Waals surface area contributed by atoms with E-state index in [1.165, 1.54) is 21.4 Å². The molecule has 2 aromatic carbocycles. The number of rotatable bonds is 8. The summed E-state index contributed by atoms with van der Waals surface area (Å²) in [5, 5.41) is 3.15. The van der Waals surface area contributed by atoms with Crippen LogP contribution < -0.4 is 5.32 Å². The summed E-state index contributed by atoms with van der Waals surface area (Å²) in [4.78, 5) is 2.56. The van der Waals surface area contributed by atoms with Crippen molar-refractivity contribution in [3.63, 3.8) is 0 Å². The zero-order valence-electron chi connectivity index (χ0n) is 16.3. The van der Waals surface area contributed by atoms with Crippen LogP contribution in [0.4, 0.5) is 5.69 Å². The molecule has 0 heterocycles. The molecule has 1 N–H and O–H groups in total. The largest absolute Gasteiger partial charge is 0.456 e. The Balaban J connectivity index is 1.91. The third kappa shape index (κ3) is 7.40. The summed E-state index contributed by atoms with van der Waals surface area (Å²) >= 11 is 1.81. The van der Waals surface area contributed by atoms with Gasteiger partial charge in [0.2, 0.25) is 0 Å². The van der Waals surface area contributed by atoms with E-state index in [2.05, 4.69) is 86.6 Å². The van der Waals surface area contributed by atoms with Crippen LogP contribution in [0.3, 0.4) is 0 Å². The van der Waals surface area contributed by atoms with E-state index in [1.54, 1.807) is 0 Å². The number of aryl methyl sites for hydroxylation is 1. The lowest BCUT2D eigenvalue weighted by atomic mass is 10.2. The molecule has 0 spiro atoms. The second-order valence-electron chi connectivity index (χ2n) is 7.99. The summed E-state index contributed by atoms with van der Waals surface area (Å²) in [5.41, 5.74) is 2.56. The Morgan fingerprint density at radius 1 is 0.840 bits per heavy atom. The highest BCUT2D eigenvalue weighted by Gasteiger charge is 2.29. The Bertz CT molecular complexity index is 664. The van der Waals surface area contributed by atoms with Crippen molar-refractivity contribution in [1.82, 2.24) is 0 Å². The molecule has 0 atom stereocenters. The number of hydrogen-bond donors (Lipinski definition) is 1. The van der Waals surface area contributed by atoms with E-state index >= 15 is 0 Å². The van der Waals surface area contributed by atoms with Gasteiger partial charge >= 0.3 is 0 Å². The first kappa shape index (κ1) is 20.3. The van der Waals surface area contributed by atoms with Crippen LogP contribution in [0.5, 0.6) is 0 Å². The van der Waals surface area contributed by atoms with Crippen LogP contribution in [0.25, 0.3) is 0 Å². The molecule has 2 aromatic rings. The molecule has 5 heteroatoms. The van der Waals surface area contributed by atoms with Gasteiger partial charge in [-0.3, -0.25) is 0 Å². The quantitative estimate of drug-likeness (QED) is 0.522. The first-order valence-electron chi connectivity index (χ1n) is 8.92. The molecule has 2 rings (SSSR count). The van der Waals surface area contributed by atoms with E-state index in [4.69, 9.17) is 4.12 Å². The lowest BCUT2D eigenvalue weighted by Crippen LogP contribution is -2.42. The number of anilines is 1. The second-order valence-corrected chi connectivity index (χ2v) is 18.2. The molecule has 0 aliphatic heterocycles. The first-order valence-corrected chi connectivity index (χ1v) is 16.3. The zero-order valence-corrected chi connectivity index (χ0v) is 19.2. The van der Waals surface area contributed by atoms with Gasteiger partial charge in [-0.1, -0.05) is 23.9 Å². The van der Waals surface area contributed by atoms with Crippen molar-refractivity contribution in [3.8, 4) is 0 Å². The molecule has 0 unspecified atom stereocenters. The van der Waals surface area contributed by atoms with Crippen molar-refractivity contribution in [2.24, 2.45) is 0 Å². The van der Waals surface area contributed by atoms with Crippen molar-refractivity contribution in [1.29, 1.82) is 0 Å². The molecule has 0 saturated carbocycles.